The molecule has 0 bridgehead atoms. The van der Waals surface area contributed by atoms with Crippen LogP contribution in [0, 0.1) is 15.9 Å². The van der Waals surface area contributed by atoms with E-state index in [9.17, 15) is 19.3 Å². The number of nitrogens with zero attached hydrogens (tertiary/aromatic N) is 1. The van der Waals surface area contributed by atoms with E-state index in [-0.39, 0.29) is 26.9 Å². The molecule has 0 spiro atoms. The Kier molecular flexibility index (Phi) is 4.32. The van der Waals surface area contributed by atoms with Gasteiger partial charge >= 0.3 is 5.97 Å². The Hall–Kier alpha value is -2.28. The molecule has 0 amide bonds. The van der Waals surface area contributed by atoms with E-state index in [2.05, 4.69) is 20.7 Å². The zero-order chi connectivity index (χ0) is 15.6. The molecule has 0 atom stereocenters. The largest absolute Gasteiger partial charge is 0.465 e. The lowest BCUT2D eigenvalue weighted by Crippen LogP contribution is -2.03. The smallest absolute Gasteiger partial charge is 0.338 e. The van der Waals surface area contributed by atoms with E-state index in [1.165, 1.54) is 31.4 Å². The van der Waals surface area contributed by atoms with E-state index in [4.69, 9.17) is 0 Å². The first-order chi connectivity index (χ1) is 9.95. The van der Waals surface area contributed by atoms with Crippen molar-refractivity contribution in [3.05, 3.63) is 62.4 Å². The first kappa shape index (κ1) is 15.1. The maximum absolute atomic E-state index is 14.1. The monoisotopic (exact) mass is 353 g/mol. The summed E-state index contributed by atoms with van der Waals surface area (Å²) in [5.41, 5.74) is -0.169. The lowest BCUT2D eigenvalue weighted by atomic mass is 10.0. The fourth-order valence-electron chi connectivity index (χ4n) is 1.87. The Labute approximate surface area is 127 Å². The van der Waals surface area contributed by atoms with E-state index in [1.807, 2.05) is 0 Å². The number of rotatable bonds is 3. The molecule has 0 N–H and O–H groups in total. The average molecular weight is 354 g/mol. The zero-order valence-corrected chi connectivity index (χ0v) is 12.4. The van der Waals surface area contributed by atoms with Crippen molar-refractivity contribution in [1.29, 1.82) is 0 Å². The van der Waals surface area contributed by atoms with Crippen molar-refractivity contribution in [1.82, 2.24) is 0 Å². The fourth-order valence-corrected chi connectivity index (χ4v) is 2.23. The highest BCUT2D eigenvalue weighted by atomic mass is 79.9. The topological polar surface area (TPSA) is 69.4 Å². The first-order valence-corrected chi connectivity index (χ1v) is 6.56. The number of halogens is 2. The molecule has 0 aliphatic rings. The lowest BCUT2D eigenvalue weighted by molar-refractivity contribution is -0.384. The summed E-state index contributed by atoms with van der Waals surface area (Å²) in [6.45, 7) is 0. The van der Waals surface area contributed by atoms with E-state index < -0.39 is 16.7 Å². The van der Waals surface area contributed by atoms with Gasteiger partial charge in [0.15, 0.2) is 0 Å². The molecular weight excluding hydrogens is 345 g/mol. The third-order valence-corrected chi connectivity index (χ3v) is 3.47. The molecule has 0 saturated carbocycles. The summed E-state index contributed by atoms with van der Waals surface area (Å²) in [6, 6.07) is 8.25. The maximum atomic E-state index is 14.1. The van der Waals surface area contributed by atoms with Crippen LogP contribution in [0.25, 0.3) is 11.1 Å². The lowest BCUT2D eigenvalue weighted by Gasteiger charge is -2.07. The van der Waals surface area contributed by atoms with E-state index in [0.717, 1.165) is 6.07 Å². The SMILES string of the molecule is COC(=O)c1ccc(-c2cccc(Br)c2F)c([N+](=O)[O-])c1. The second-order valence-electron chi connectivity index (χ2n) is 4.08. The Morgan fingerprint density at radius 1 is 1.29 bits per heavy atom. The zero-order valence-electron chi connectivity index (χ0n) is 10.8. The molecule has 0 unspecified atom stereocenters. The summed E-state index contributed by atoms with van der Waals surface area (Å²) < 4.78 is 18.8. The Morgan fingerprint density at radius 2 is 2.00 bits per heavy atom. The summed E-state index contributed by atoms with van der Waals surface area (Å²) in [5.74, 6) is -1.30. The van der Waals surface area contributed by atoms with Crippen LogP contribution in [0.4, 0.5) is 10.1 Å². The van der Waals surface area contributed by atoms with Crippen molar-refractivity contribution < 1.29 is 18.8 Å². The number of esters is 1. The number of benzene rings is 2. The van der Waals surface area contributed by atoms with Crippen LogP contribution in [-0.2, 0) is 4.74 Å². The van der Waals surface area contributed by atoms with Crippen LogP contribution in [-0.4, -0.2) is 18.0 Å². The van der Waals surface area contributed by atoms with E-state index in [0.29, 0.717) is 0 Å². The molecule has 0 heterocycles. The summed E-state index contributed by atoms with van der Waals surface area (Å²) in [4.78, 5) is 21.9. The third kappa shape index (κ3) is 2.92. The van der Waals surface area contributed by atoms with Crippen LogP contribution >= 0.6 is 15.9 Å². The van der Waals surface area contributed by atoms with Gasteiger partial charge in [-0.1, -0.05) is 12.1 Å². The maximum Gasteiger partial charge on any atom is 0.338 e. The Balaban J connectivity index is 2.66. The second-order valence-corrected chi connectivity index (χ2v) is 4.94. The van der Waals surface area contributed by atoms with Gasteiger partial charge in [-0.15, -0.1) is 0 Å². The molecule has 0 radical (unpaired) electrons. The van der Waals surface area contributed by atoms with Crippen molar-refractivity contribution in [2.45, 2.75) is 0 Å². The van der Waals surface area contributed by atoms with Crippen molar-refractivity contribution in [2.24, 2.45) is 0 Å². The van der Waals surface area contributed by atoms with Crippen molar-refractivity contribution in [2.75, 3.05) is 7.11 Å². The highest BCUT2D eigenvalue weighted by Crippen LogP contribution is 2.34. The standard InChI is InChI=1S/C14H9BrFNO4/c1-21-14(18)8-5-6-9(12(7-8)17(19)20)10-3-2-4-11(15)13(10)16/h2-7H,1H3. The number of ether oxygens (including phenoxy) is 1. The van der Waals surface area contributed by atoms with Crippen LogP contribution in [0.1, 0.15) is 10.4 Å². The predicted molar refractivity (Wildman–Crippen MR) is 77.5 cm³/mol. The molecule has 2 aromatic carbocycles. The molecule has 0 aliphatic heterocycles. The summed E-state index contributed by atoms with van der Waals surface area (Å²) in [5, 5.41) is 11.2. The molecule has 0 fully saturated rings. The van der Waals surface area contributed by atoms with E-state index in [1.54, 1.807) is 6.07 Å². The molecule has 2 aromatic rings. The molecule has 7 heteroatoms. The number of nitro benzene ring substituents is 1. The molecule has 2 rings (SSSR count). The summed E-state index contributed by atoms with van der Waals surface area (Å²) in [7, 11) is 1.18. The fraction of sp³-hybridized carbons (Fsp3) is 0.0714. The molecule has 0 saturated heterocycles. The predicted octanol–water partition coefficient (Wildman–Crippen LogP) is 3.95. The minimum Gasteiger partial charge on any atom is -0.465 e. The van der Waals surface area contributed by atoms with Gasteiger partial charge in [0, 0.05) is 11.6 Å². The van der Waals surface area contributed by atoms with Crippen LogP contribution < -0.4 is 0 Å². The molecule has 0 aliphatic carbocycles. The quantitative estimate of drug-likeness (QED) is 0.475. The third-order valence-electron chi connectivity index (χ3n) is 2.86. The summed E-state index contributed by atoms with van der Waals surface area (Å²) in [6.07, 6.45) is 0. The van der Waals surface area contributed by atoms with Gasteiger partial charge < -0.3 is 4.74 Å². The minimum absolute atomic E-state index is 0.0309. The molecule has 21 heavy (non-hydrogen) atoms. The number of hydrogen-bond acceptors (Lipinski definition) is 4. The van der Waals surface area contributed by atoms with Crippen LogP contribution in [0.15, 0.2) is 40.9 Å². The number of carbonyl (C=O) groups is 1. The minimum atomic E-state index is -0.695. The van der Waals surface area contributed by atoms with Crippen molar-refractivity contribution >= 4 is 27.6 Å². The van der Waals surface area contributed by atoms with Gasteiger partial charge in [-0.25, -0.2) is 9.18 Å². The molecule has 108 valence electrons. The van der Waals surface area contributed by atoms with Crippen molar-refractivity contribution in [3.63, 3.8) is 0 Å². The number of hydrogen-bond donors (Lipinski definition) is 0. The van der Waals surface area contributed by atoms with Gasteiger partial charge in [0.25, 0.3) is 5.69 Å². The van der Waals surface area contributed by atoms with Gasteiger partial charge in [-0.3, -0.25) is 10.1 Å². The highest BCUT2D eigenvalue weighted by Gasteiger charge is 2.21. The first-order valence-electron chi connectivity index (χ1n) is 5.77. The van der Waals surface area contributed by atoms with Crippen LogP contribution in [0.2, 0.25) is 0 Å². The van der Waals surface area contributed by atoms with Crippen molar-refractivity contribution in [3.8, 4) is 11.1 Å². The number of carbonyl (C=O) groups excluding carboxylic acids is 1. The average Bonchev–Trinajstić information content (AvgIpc) is 2.48. The van der Waals surface area contributed by atoms with Gasteiger partial charge in [-0.2, -0.15) is 0 Å². The number of nitro groups is 1. The Bertz CT molecular complexity index is 733. The molecular formula is C14H9BrFNO4. The highest BCUT2D eigenvalue weighted by molar-refractivity contribution is 9.10. The molecule has 0 aromatic heterocycles. The summed E-state index contributed by atoms with van der Waals surface area (Å²) >= 11 is 3.03. The van der Waals surface area contributed by atoms with Gasteiger partial charge in [0.2, 0.25) is 0 Å². The van der Waals surface area contributed by atoms with Gasteiger partial charge in [0.1, 0.15) is 5.82 Å². The second kappa shape index (κ2) is 6.01. The van der Waals surface area contributed by atoms with Crippen LogP contribution in [0.5, 0.6) is 0 Å². The normalized spacial score (nSPS) is 10.2. The van der Waals surface area contributed by atoms with E-state index >= 15 is 0 Å². The molecule has 5 nitrogen and oxygen atoms in total. The van der Waals surface area contributed by atoms with Gasteiger partial charge in [0.05, 0.1) is 27.6 Å². The Morgan fingerprint density at radius 3 is 2.62 bits per heavy atom. The number of methoxy groups -OCH3 is 1. The van der Waals surface area contributed by atoms with Gasteiger partial charge in [-0.05, 0) is 34.1 Å². The van der Waals surface area contributed by atoms with Crippen LogP contribution in [0.3, 0.4) is 0 Å².